The van der Waals surface area contributed by atoms with E-state index < -0.39 is 11.9 Å². The van der Waals surface area contributed by atoms with Crippen molar-refractivity contribution >= 4 is 29.6 Å². The smallest absolute Gasteiger partial charge is 0.449 e. The van der Waals surface area contributed by atoms with Crippen LogP contribution in [0.5, 0.6) is 0 Å². The number of alkyl halides is 3. The van der Waals surface area contributed by atoms with E-state index >= 15 is 0 Å². The van der Waals surface area contributed by atoms with Crippen LogP contribution in [0.25, 0.3) is 0 Å². The number of furan rings is 1. The number of amides is 1. The third-order valence-electron chi connectivity index (χ3n) is 4.19. The molecule has 0 atom stereocenters. The summed E-state index contributed by atoms with van der Waals surface area (Å²) in [6, 6.07) is 2.09. The van der Waals surface area contributed by atoms with Gasteiger partial charge in [0.1, 0.15) is 11.4 Å². The lowest BCUT2D eigenvalue weighted by Gasteiger charge is -2.27. The van der Waals surface area contributed by atoms with Gasteiger partial charge in [-0.25, -0.2) is 4.98 Å². The normalized spacial score (nSPS) is 14.8. The van der Waals surface area contributed by atoms with Gasteiger partial charge in [0.25, 0.3) is 0 Å². The largest absolute Gasteiger partial charge is 0.455 e. The first kappa shape index (κ1) is 21.1. The molecule has 0 aliphatic carbocycles. The Morgan fingerprint density at radius 1 is 1.43 bits per heavy atom. The molecule has 0 spiro atoms. The van der Waals surface area contributed by atoms with Crippen molar-refractivity contribution in [3.8, 4) is 0 Å². The summed E-state index contributed by atoms with van der Waals surface area (Å²) >= 11 is 0. The van der Waals surface area contributed by atoms with Crippen molar-refractivity contribution in [1.29, 1.82) is 0 Å². The summed E-state index contributed by atoms with van der Waals surface area (Å²) < 4.78 is 42.3. The van der Waals surface area contributed by atoms with E-state index in [1.807, 2.05) is 0 Å². The summed E-state index contributed by atoms with van der Waals surface area (Å²) in [4.78, 5) is 26.2. The number of aromatic nitrogens is 2. The Morgan fingerprint density at radius 2 is 2.20 bits per heavy atom. The van der Waals surface area contributed by atoms with Crippen molar-refractivity contribution in [2.24, 2.45) is 10.7 Å². The second-order valence-corrected chi connectivity index (χ2v) is 6.56. The van der Waals surface area contributed by atoms with Crippen LogP contribution in [-0.2, 0) is 17.5 Å². The maximum Gasteiger partial charge on any atom is 0.449 e. The lowest BCUT2D eigenvalue weighted by Crippen LogP contribution is -2.36. The highest BCUT2D eigenvalue weighted by Gasteiger charge is 2.34. The first-order valence-corrected chi connectivity index (χ1v) is 8.87. The molecular formula is C18H20F3N7O2. The number of carbonyl (C=O) groups is 1. The highest BCUT2D eigenvalue weighted by molar-refractivity contribution is 6.00. The van der Waals surface area contributed by atoms with Crippen LogP contribution < -0.4 is 21.3 Å². The van der Waals surface area contributed by atoms with Crippen LogP contribution in [-0.4, -0.2) is 42.2 Å². The highest BCUT2D eigenvalue weighted by atomic mass is 19.4. The van der Waals surface area contributed by atoms with Gasteiger partial charge in [-0.05, 0) is 19.1 Å². The van der Waals surface area contributed by atoms with E-state index in [2.05, 4.69) is 25.6 Å². The molecule has 0 saturated carbocycles. The molecular weight excluding hydrogens is 403 g/mol. The molecule has 1 aliphatic heterocycles. The van der Waals surface area contributed by atoms with Gasteiger partial charge in [0.05, 0.1) is 18.8 Å². The van der Waals surface area contributed by atoms with E-state index in [1.54, 1.807) is 18.9 Å². The summed E-state index contributed by atoms with van der Waals surface area (Å²) in [5.41, 5.74) is 7.33. The van der Waals surface area contributed by atoms with Gasteiger partial charge in [-0.15, -0.1) is 0 Å². The lowest BCUT2D eigenvalue weighted by molar-refractivity contribution is -0.153. The van der Waals surface area contributed by atoms with Crippen LogP contribution in [0.1, 0.15) is 17.2 Å². The molecule has 1 amide bonds. The second-order valence-electron chi connectivity index (χ2n) is 6.56. The average Bonchev–Trinajstić information content (AvgIpc) is 3.15. The van der Waals surface area contributed by atoms with Gasteiger partial charge in [0.15, 0.2) is 5.82 Å². The zero-order valence-electron chi connectivity index (χ0n) is 16.2. The van der Waals surface area contributed by atoms with Gasteiger partial charge >= 0.3 is 6.18 Å². The number of aryl methyl sites for hydroxylation is 1. The first-order chi connectivity index (χ1) is 14.2. The van der Waals surface area contributed by atoms with Crippen molar-refractivity contribution in [1.82, 2.24) is 9.97 Å². The molecule has 160 valence electrons. The van der Waals surface area contributed by atoms with Gasteiger partial charge in [-0.2, -0.15) is 18.2 Å². The average molecular weight is 423 g/mol. The minimum absolute atomic E-state index is 0.0631. The predicted molar refractivity (Wildman–Crippen MR) is 105 cm³/mol. The number of hydrogen-bond acceptors (Lipinski definition) is 8. The molecule has 0 radical (unpaired) electrons. The van der Waals surface area contributed by atoms with Gasteiger partial charge in [0.2, 0.25) is 17.6 Å². The molecule has 0 unspecified atom stereocenters. The maximum atomic E-state index is 12.5. The van der Waals surface area contributed by atoms with Crippen molar-refractivity contribution < 1.29 is 22.4 Å². The Kier molecular flexibility index (Phi) is 5.94. The fourth-order valence-electron chi connectivity index (χ4n) is 2.73. The Hall–Kier alpha value is -3.57. The zero-order valence-corrected chi connectivity index (χ0v) is 16.2. The Labute approximate surface area is 169 Å². The van der Waals surface area contributed by atoms with Gasteiger partial charge in [-0.1, -0.05) is 0 Å². The van der Waals surface area contributed by atoms with Crippen LogP contribution in [0.3, 0.4) is 0 Å². The minimum Gasteiger partial charge on any atom is -0.455 e. The number of halogens is 3. The lowest BCUT2D eigenvalue weighted by atomic mass is 10.2. The zero-order chi connectivity index (χ0) is 21.9. The molecule has 2 aromatic heterocycles. The van der Waals surface area contributed by atoms with Gasteiger partial charge in [0, 0.05) is 31.6 Å². The summed E-state index contributed by atoms with van der Waals surface area (Å²) in [5.74, 6) is -0.190. The third kappa shape index (κ3) is 4.88. The molecule has 1 aliphatic rings. The number of fused-ring (bicyclic) bond motifs is 1. The SMILES string of the molecule is Cc1nc(NC/C(C=NCc2ccc(C(F)(F)F)o2)=C/N)nc2c1NC(=O)CN2C. The molecule has 30 heavy (non-hydrogen) atoms. The molecule has 2 aromatic rings. The molecule has 4 N–H and O–H groups in total. The Balaban J connectivity index is 1.61. The van der Waals surface area contributed by atoms with Crippen LogP contribution in [0.2, 0.25) is 0 Å². The van der Waals surface area contributed by atoms with Crippen LogP contribution in [0.4, 0.5) is 30.6 Å². The topological polar surface area (TPSA) is 122 Å². The van der Waals surface area contributed by atoms with Crippen LogP contribution in [0, 0.1) is 6.92 Å². The molecule has 0 saturated heterocycles. The predicted octanol–water partition coefficient (Wildman–Crippen LogP) is 2.31. The summed E-state index contributed by atoms with van der Waals surface area (Å²) in [6.07, 6.45) is -1.78. The van der Waals surface area contributed by atoms with Crippen molar-refractivity contribution in [2.75, 3.05) is 35.7 Å². The van der Waals surface area contributed by atoms with E-state index in [1.165, 1.54) is 18.5 Å². The molecule has 0 bridgehead atoms. The van der Waals surface area contributed by atoms with Crippen molar-refractivity contribution in [2.45, 2.75) is 19.6 Å². The van der Waals surface area contributed by atoms with E-state index in [9.17, 15) is 18.0 Å². The van der Waals surface area contributed by atoms with Gasteiger partial charge in [-0.3, -0.25) is 9.79 Å². The Morgan fingerprint density at radius 3 is 2.87 bits per heavy atom. The maximum absolute atomic E-state index is 12.5. The number of carbonyl (C=O) groups excluding carboxylic acids is 1. The summed E-state index contributed by atoms with van der Waals surface area (Å²) in [7, 11) is 1.75. The third-order valence-corrected chi connectivity index (χ3v) is 4.19. The molecule has 12 heteroatoms. The molecule has 3 rings (SSSR count). The monoisotopic (exact) mass is 423 g/mol. The van der Waals surface area contributed by atoms with E-state index in [0.29, 0.717) is 28.7 Å². The molecule has 0 aromatic carbocycles. The fraction of sp³-hybridized carbons (Fsp3) is 0.333. The van der Waals surface area contributed by atoms with Crippen molar-refractivity contribution in [3.05, 3.63) is 41.1 Å². The second kappa shape index (κ2) is 8.43. The van der Waals surface area contributed by atoms with E-state index in [4.69, 9.17) is 10.2 Å². The standard InChI is InChI=1S/C18H20F3N7O2/c1-10-15-16(28(2)9-14(29)26-15)27-17(25-10)24-7-11(5-22)6-23-8-12-3-4-13(30-12)18(19,20)21/h3-6H,7-9,22H2,1-2H3,(H,26,29)(H,24,25,27)/b11-5+,23-6?. The molecule has 9 nitrogen and oxygen atoms in total. The minimum atomic E-state index is -4.53. The van der Waals surface area contributed by atoms with Crippen LogP contribution >= 0.6 is 0 Å². The van der Waals surface area contributed by atoms with Crippen LogP contribution in [0.15, 0.2) is 33.3 Å². The molecule has 0 fully saturated rings. The van der Waals surface area contributed by atoms with Crippen molar-refractivity contribution in [3.63, 3.8) is 0 Å². The first-order valence-electron chi connectivity index (χ1n) is 8.87. The highest BCUT2D eigenvalue weighted by Crippen LogP contribution is 2.31. The number of aliphatic imine (C=N–C) groups is 1. The number of nitrogens with zero attached hydrogens (tertiary/aromatic N) is 4. The molecule has 3 heterocycles. The van der Waals surface area contributed by atoms with Gasteiger partial charge < -0.3 is 25.7 Å². The Bertz CT molecular complexity index is 998. The quantitative estimate of drug-likeness (QED) is 0.610. The number of hydrogen-bond donors (Lipinski definition) is 3. The summed E-state index contributed by atoms with van der Waals surface area (Å²) in [6.45, 7) is 2.11. The summed E-state index contributed by atoms with van der Waals surface area (Å²) in [5, 5.41) is 5.77. The number of anilines is 3. The van der Waals surface area contributed by atoms with E-state index in [-0.39, 0.29) is 31.3 Å². The fourth-order valence-corrected chi connectivity index (χ4v) is 2.73. The number of nitrogens with two attached hydrogens (primary N) is 1. The number of likely N-dealkylation sites (N-methyl/N-ethyl adjacent to an activating group) is 1. The number of rotatable bonds is 6. The van der Waals surface area contributed by atoms with E-state index in [0.717, 1.165) is 6.07 Å². The number of nitrogens with one attached hydrogen (secondary N) is 2.